The number of nitrogens with one attached hydrogen (secondary N) is 1. The summed E-state index contributed by atoms with van der Waals surface area (Å²) in [4.78, 5) is 23.5. The summed E-state index contributed by atoms with van der Waals surface area (Å²) < 4.78 is 0.351. The Hall–Kier alpha value is -1.14. The normalized spacial score (nSPS) is 13.9. The Morgan fingerprint density at radius 3 is 1.68 bits per heavy atom. The Labute approximate surface area is 172 Å². The number of rotatable bonds is 18. The Bertz CT molecular complexity index is 422. The van der Waals surface area contributed by atoms with Gasteiger partial charge in [-0.3, -0.25) is 15.3 Å². The first-order valence-electron chi connectivity index (χ1n) is 11.3. The van der Waals surface area contributed by atoms with Crippen molar-refractivity contribution in [3.05, 3.63) is 0 Å². The van der Waals surface area contributed by atoms with Gasteiger partial charge in [-0.2, -0.15) is 0 Å². The molecule has 28 heavy (non-hydrogen) atoms. The summed E-state index contributed by atoms with van der Waals surface area (Å²) in [7, 11) is 5.62. The van der Waals surface area contributed by atoms with Crippen LogP contribution in [0.1, 0.15) is 90.4 Å². The first-order valence-corrected chi connectivity index (χ1v) is 11.3. The first-order chi connectivity index (χ1) is 13.2. The van der Waals surface area contributed by atoms with Crippen LogP contribution in [0.3, 0.4) is 0 Å². The Morgan fingerprint density at radius 2 is 1.29 bits per heavy atom. The van der Waals surface area contributed by atoms with Gasteiger partial charge in [-0.05, 0) is 6.42 Å². The van der Waals surface area contributed by atoms with E-state index in [0.717, 1.165) is 12.8 Å². The van der Waals surface area contributed by atoms with Crippen LogP contribution in [-0.2, 0) is 9.59 Å². The summed E-state index contributed by atoms with van der Waals surface area (Å²) in [5.74, 6) is -1.95. The number of amides is 1. The van der Waals surface area contributed by atoms with Gasteiger partial charge in [0.15, 0.2) is 6.17 Å². The van der Waals surface area contributed by atoms with Crippen LogP contribution < -0.4 is 11.1 Å². The molecule has 0 heterocycles. The third kappa shape index (κ3) is 13.9. The van der Waals surface area contributed by atoms with Crippen LogP contribution >= 0.6 is 0 Å². The maximum atomic E-state index is 12.4. The molecule has 1 amide bonds. The molecule has 4 N–H and O–H groups in total. The lowest BCUT2D eigenvalue weighted by Gasteiger charge is -2.35. The van der Waals surface area contributed by atoms with Gasteiger partial charge in [0.1, 0.15) is 5.92 Å². The number of unbranched alkanes of at least 4 members (excludes halogenated alkanes) is 11. The molecule has 2 atom stereocenters. The van der Waals surface area contributed by atoms with E-state index in [9.17, 15) is 9.59 Å². The van der Waals surface area contributed by atoms with E-state index < -0.39 is 18.1 Å². The third-order valence-electron chi connectivity index (χ3n) is 5.37. The van der Waals surface area contributed by atoms with E-state index in [2.05, 4.69) is 12.2 Å². The second-order valence-corrected chi connectivity index (χ2v) is 8.99. The quantitative estimate of drug-likeness (QED) is 0.185. The zero-order valence-electron chi connectivity index (χ0n) is 18.8. The maximum absolute atomic E-state index is 12.4. The maximum Gasteiger partial charge on any atom is 0.304 e. The Morgan fingerprint density at radius 1 is 0.857 bits per heavy atom. The van der Waals surface area contributed by atoms with Crippen LogP contribution in [0, 0.1) is 5.92 Å². The molecule has 0 radical (unpaired) electrons. The fourth-order valence-corrected chi connectivity index (χ4v) is 3.41. The second-order valence-electron chi connectivity index (χ2n) is 8.99. The molecular formula is C22H46N3O3+. The number of nitrogens with zero attached hydrogens (tertiary/aromatic N) is 1. The molecule has 6 heteroatoms. The number of hydrogen-bond donors (Lipinski definition) is 3. The average molecular weight is 401 g/mol. The van der Waals surface area contributed by atoms with Crippen LogP contribution in [0.4, 0.5) is 0 Å². The van der Waals surface area contributed by atoms with E-state index in [-0.39, 0.29) is 12.3 Å². The average Bonchev–Trinajstić information content (AvgIpc) is 2.61. The van der Waals surface area contributed by atoms with Crippen LogP contribution in [0.5, 0.6) is 0 Å². The molecule has 0 aromatic heterocycles. The van der Waals surface area contributed by atoms with E-state index in [1.54, 1.807) is 0 Å². The molecular weight excluding hydrogens is 354 g/mol. The molecule has 0 aromatic rings. The number of carboxylic acids is 1. The van der Waals surface area contributed by atoms with E-state index in [1.807, 2.05) is 21.1 Å². The lowest BCUT2D eigenvalue weighted by atomic mass is 9.99. The highest BCUT2D eigenvalue weighted by Crippen LogP contribution is 2.15. The number of hydrogen-bond acceptors (Lipinski definition) is 3. The number of aliphatic carboxylic acids is 1. The predicted molar refractivity (Wildman–Crippen MR) is 116 cm³/mol. The second kappa shape index (κ2) is 15.7. The molecule has 0 rings (SSSR count). The summed E-state index contributed by atoms with van der Waals surface area (Å²) in [5.41, 5.74) is 6.14. The number of carboxylic acid groups (broad SMARTS) is 1. The fourth-order valence-electron chi connectivity index (χ4n) is 3.41. The van der Waals surface area contributed by atoms with Crippen molar-refractivity contribution in [1.29, 1.82) is 0 Å². The van der Waals surface area contributed by atoms with E-state index in [4.69, 9.17) is 10.8 Å². The topological polar surface area (TPSA) is 92.4 Å². The summed E-state index contributed by atoms with van der Waals surface area (Å²) in [6.45, 7) is 2.84. The van der Waals surface area contributed by atoms with E-state index >= 15 is 0 Å². The Balaban J connectivity index is 3.82. The fraction of sp³-hybridized carbons (Fsp3) is 0.909. The molecule has 0 aliphatic rings. The van der Waals surface area contributed by atoms with Crippen molar-refractivity contribution in [2.75, 3.05) is 27.7 Å². The van der Waals surface area contributed by atoms with Crippen LogP contribution in [-0.4, -0.2) is 55.3 Å². The van der Waals surface area contributed by atoms with Gasteiger partial charge in [0.2, 0.25) is 5.91 Å². The summed E-state index contributed by atoms with van der Waals surface area (Å²) in [5, 5.41) is 12.0. The van der Waals surface area contributed by atoms with Crippen LogP contribution in [0.25, 0.3) is 0 Å². The van der Waals surface area contributed by atoms with Crippen molar-refractivity contribution in [2.45, 2.75) is 96.6 Å². The van der Waals surface area contributed by atoms with Crippen molar-refractivity contribution in [2.24, 2.45) is 11.7 Å². The lowest BCUT2D eigenvalue weighted by Crippen LogP contribution is -2.58. The van der Waals surface area contributed by atoms with Gasteiger partial charge in [0.05, 0.1) is 27.6 Å². The minimum absolute atomic E-state index is 0.235. The number of nitrogens with two attached hydrogens (primary N) is 1. The molecule has 0 fully saturated rings. The van der Waals surface area contributed by atoms with Gasteiger partial charge in [-0.25, -0.2) is 0 Å². The zero-order chi connectivity index (χ0) is 21.4. The van der Waals surface area contributed by atoms with Gasteiger partial charge >= 0.3 is 5.97 Å². The monoisotopic (exact) mass is 400 g/mol. The minimum atomic E-state index is -0.991. The predicted octanol–water partition coefficient (Wildman–Crippen LogP) is 3.89. The van der Waals surface area contributed by atoms with Gasteiger partial charge < -0.3 is 14.9 Å². The van der Waals surface area contributed by atoms with Crippen LogP contribution in [0.2, 0.25) is 0 Å². The number of quaternary nitrogens is 1. The molecule has 2 unspecified atom stereocenters. The van der Waals surface area contributed by atoms with E-state index in [1.165, 1.54) is 64.2 Å². The minimum Gasteiger partial charge on any atom is -0.481 e. The van der Waals surface area contributed by atoms with Crippen molar-refractivity contribution < 1.29 is 19.2 Å². The summed E-state index contributed by atoms with van der Waals surface area (Å²) >= 11 is 0. The highest BCUT2D eigenvalue weighted by Gasteiger charge is 2.36. The van der Waals surface area contributed by atoms with Crippen molar-refractivity contribution >= 4 is 11.9 Å². The molecule has 0 saturated heterocycles. The summed E-state index contributed by atoms with van der Waals surface area (Å²) in [6.07, 6.45) is 14.5. The molecule has 0 bridgehead atoms. The number of carbonyl (C=O) groups excluding carboxylic acids is 1. The highest BCUT2D eigenvalue weighted by molar-refractivity contribution is 5.83. The molecule has 0 spiro atoms. The molecule has 166 valence electrons. The van der Waals surface area contributed by atoms with Gasteiger partial charge in [-0.1, -0.05) is 77.6 Å². The van der Waals surface area contributed by atoms with Crippen molar-refractivity contribution in [3.8, 4) is 0 Å². The third-order valence-corrected chi connectivity index (χ3v) is 5.37. The standard InChI is InChI=1S/C22H45N3O3/c1-5-6-7-8-9-10-11-12-13-14-15-16-17-24-22(28)19(18-20(26)27)21(23)25(2,3)4/h19,21H,5-18,23H2,1-4H3,(H-,24,26,27,28)/p+1. The number of carbonyl (C=O) groups is 2. The van der Waals surface area contributed by atoms with Crippen molar-refractivity contribution in [1.82, 2.24) is 5.32 Å². The zero-order valence-corrected chi connectivity index (χ0v) is 18.8. The first kappa shape index (κ1) is 26.9. The highest BCUT2D eigenvalue weighted by atomic mass is 16.4. The largest absolute Gasteiger partial charge is 0.481 e. The SMILES string of the molecule is CCCCCCCCCCCCCCNC(=O)C(CC(=O)O)C(N)[N+](C)(C)C. The molecule has 0 aliphatic heterocycles. The smallest absolute Gasteiger partial charge is 0.304 e. The van der Waals surface area contributed by atoms with E-state index in [0.29, 0.717) is 11.0 Å². The molecule has 6 nitrogen and oxygen atoms in total. The van der Waals surface area contributed by atoms with Gasteiger partial charge in [0.25, 0.3) is 0 Å². The van der Waals surface area contributed by atoms with Crippen LogP contribution in [0.15, 0.2) is 0 Å². The molecule has 0 aromatic carbocycles. The van der Waals surface area contributed by atoms with Gasteiger partial charge in [-0.15, -0.1) is 0 Å². The Kier molecular flexibility index (Phi) is 15.1. The van der Waals surface area contributed by atoms with Crippen molar-refractivity contribution in [3.63, 3.8) is 0 Å². The lowest BCUT2D eigenvalue weighted by molar-refractivity contribution is -0.898. The van der Waals surface area contributed by atoms with Gasteiger partial charge in [0, 0.05) is 6.54 Å². The summed E-state index contributed by atoms with van der Waals surface area (Å²) in [6, 6.07) is 0. The molecule has 0 aliphatic carbocycles. The molecule has 0 saturated carbocycles.